The third-order valence-electron chi connectivity index (χ3n) is 5.74. The van der Waals surface area contributed by atoms with Crippen molar-refractivity contribution < 1.29 is 19.2 Å². The van der Waals surface area contributed by atoms with Gasteiger partial charge in [0.25, 0.3) is 0 Å². The summed E-state index contributed by atoms with van der Waals surface area (Å²) in [7, 11) is 1.52. The van der Waals surface area contributed by atoms with E-state index < -0.39 is 0 Å². The molecule has 0 saturated heterocycles. The molecule has 0 bridgehead atoms. The Morgan fingerprint density at radius 2 is 2.00 bits per heavy atom. The molecule has 29 heavy (non-hydrogen) atoms. The molecule has 2 N–H and O–H groups in total. The summed E-state index contributed by atoms with van der Waals surface area (Å²) >= 11 is 0. The number of phenolic OH excluding ortho intramolecular Hbond substituents is 1. The van der Waals surface area contributed by atoms with Crippen LogP contribution in [-0.4, -0.2) is 23.2 Å². The Morgan fingerprint density at radius 3 is 2.62 bits per heavy atom. The zero-order valence-electron chi connectivity index (χ0n) is 17.8. The Morgan fingerprint density at radius 1 is 1.28 bits per heavy atom. The van der Waals surface area contributed by atoms with Crippen LogP contribution in [0.3, 0.4) is 0 Å². The summed E-state index contributed by atoms with van der Waals surface area (Å²) in [5, 5.41) is 18.1. The summed E-state index contributed by atoms with van der Waals surface area (Å²) in [6, 6.07) is 5.30. The quantitative estimate of drug-likeness (QED) is 0.752. The van der Waals surface area contributed by atoms with E-state index in [-0.39, 0.29) is 28.3 Å². The Bertz CT molecular complexity index is 1020. The molecule has 1 aromatic carbocycles. The van der Waals surface area contributed by atoms with Crippen LogP contribution in [0.25, 0.3) is 0 Å². The molecule has 1 aromatic heterocycles. The number of phenols is 1. The number of anilines is 1. The third-order valence-corrected chi connectivity index (χ3v) is 5.74. The second-order valence-corrected chi connectivity index (χ2v) is 9.85. The van der Waals surface area contributed by atoms with Gasteiger partial charge in [-0.2, -0.15) is 0 Å². The maximum Gasteiger partial charge on any atom is 0.233 e. The molecule has 0 spiro atoms. The maximum absolute atomic E-state index is 13.3. The molecular weight excluding hydrogens is 368 g/mol. The normalized spacial score (nSPS) is 20.8. The van der Waals surface area contributed by atoms with Crippen LogP contribution >= 0.6 is 0 Å². The number of benzene rings is 1. The molecule has 4 rings (SSSR count). The zero-order valence-corrected chi connectivity index (χ0v) is 17.8. The van der Waals surface area contributed by atoms with E-state index in [1.165, 1.54) is 7.11 Å². The number of Topliss-reactive ketones (excluding diaryl/α,β-unsaturated/α-hetero) is 1. The lowest BCUT2D eigenvalue weighted by molar-refractivity contribution is -0.118. The van der Waals surface area contributed by atoms with Crippen LogP contribution in [0, 0.1) is 5.41 Å². The van der Waals surface area contributed by atoms with Crippen molar-refractivity contribution >= 4 is 11.7 Å². The third kappa shape index (κ3) is 3.20. The number of fused-ring (bicyclic) bond motifs is 1. The van der Waals surface area contributed by atoms with E-state index in [0.29, 0.717) is 18.1 Å². The van der Waals surface area contributed by atoms with Gasteiger partial charge in [-0.05, 0) is 29.5 Å². The van der Waals surface area contributed by atoms with E-state index >= 15 is 0 Å². The minimum atomic E-state index is -0.345. The van der Waals surface area contributed by atoms with Crippen molar-refractivity contribution in [3.05, 3.63) is 46.3 Å². The Balaban J connectivity index is 1.96. The first-order valence-electron chi connectivity index (χ1n) is 9.92. The van der Waals surface area contributed by atoms with Gasteiger partial charge in [-0.15, -0.1) is 0 Å². The fraction of sp³-hybridized carbons (Fsp3) is 0.478. The van der Waals surface area contributed by atoms with Crippen LogP contribution < -0.4 is 10.1 Å². The molecule has 0 unspecified atom stereocenters. The first-order chi connectivity index (χ1) is 13.5. The van der Waals surface area contributed by atoms with E-state index in [4.69, 9.17) is 9.26 Å². The second-order valence-electron chi connectivity index (χ2n) is 9.85. The van der Waals surface area contributed by atoms with Gasteiger partial charge in [0, 0.05) is 29.0 Å². The van der Waals surface area contributed by atoms with Crippen LogP contribution in [0.1, 0.15) is 70.2 Å². The number of hydrogen-bond acceptors (Lipinski definition) is 6. The molecule has 154 valence electrons. The molecule has 2 heterocycles. The number of allylic oxidation sites excluding steroid dienone is 2. The van der Waals surface area contributed by atoms with Crippen LogP contribution in [0.5, 0.6) is 11.5 Å². The fourth-order valence-corrected chi connectivity index (χ4v) is 4.48. The zero-order chi connectivity index (χ0) is 21.1. The van der Waals surface area contributed by atoms with Gasteiger partial charge in [0.05, 0.1) is 18.4 Å². The van der Waals surface area contributed by atoms with Crippen LogP contribution in [0.2, 0.25) is 0 Å². The predicted octanol–water partition coefficient (Wildman–Crippen LogP) is 4.89. The molecule has 0 fully saturated rings. The highest BCUT2D eigenvalue weighted by Gasteiger charge is 2.44. The Hall–Kier alpha value is -2.76. The van der Waals surface area contributed by atoms with Gasteiger partial charge in [-0.1, -0.05) is 45.8 Å². The first-order valence-corrected chi connectivity index (χ1v) is 9.92. The molecule has 1 aliphatic carbocycles. The monoisotopic (exact) mass is 396 g/mol. The SMILES string of the molecule is COc1ccc([C@H]2C3=C(CC(C)(C)CC3=O)Nc3onc(C(C)(C)C)c32)cc1O. The summed E-state index contributed by atoms with van der Waals surface area (Å²) in [6.45, 7) is 10.4. The Kier molecular flexibility index (Phi) is 4.30. The number of ether oxygens (including phenoxy) is 1. The highest BCUT2D eigenvalue weighted by atomic mass is 16.5. The van der Waals surface area contributed by atoms with Crippen molar-refractivity contribution in [3.63, 3.8) is 0 Å². The minimum Gasteiger partial charge on any atom is -0.504 e. The molecule has 0 amide bonds. The number of carbonyl (C=O) groups is 1. The lowest BCUT2D eigenvalue weighted by Gasteiger charge is -2.38. The standard InChI is InChI=1S/C23H28N2O4/c1-22(2,3)20-19-17(12-7-8-16(28-6)14(26)9-12)18-13(24-21(19)29-25-20)10-23(4,5)11-15(18)27/h7-9,17,24,26H,10-11H2,1-6H3/t17-/m0/s1. The predicted molar refractivity (Wildman–Crippen MR) is 110 cm³/mol. The number of nitrogens with one attached hydrogen (secondary N) is 1. The van der Waals surface area contributed by atoms with Gasteiger partial charge >= 0.3 is 0 Å². The van der Waals surface area contributed by atoms with Gasteiger partial charge in [-0.25, -0.2) is 0 Å². The molecule has 1 aliphatic heterocycles. The number of ketones is 1. The van der Waals surface area contributed by atoms with Crippen LogP contribution in [0.4, 0.5) is 5.88 Å². The Labute approximate surface area is 170 Å². The molecule has 6 nitrogen and oxygen atoms in total. The highest BCUT2D eigenvalue weighted by Crippen LogP contribution is 2.52. The van der Waals surface area contributed by atoms with Crippen molar-refractivity contribution in [2.24, 2.45) is 5.41 Å². The van der Waals surface area contributed by atoms with E-state index in [1.807, 2.05) is 6.07 Å². The summed E-state index contributed by atoms with van der Waals surface area (Å²) in [4.78, 5) is 13.3. The summed E-state index contributed by atoms with van der Waals surface area (Å²) in [6.07, 6.45) is 1.23. The topological polar surface area (TPSA) is 84.6 Å². The molecule has 0 saturated carbocycles. The second kappa shape index (κ2) is 6.37. The van der Waals surface area contributed by atoms with Gasteiger partial charge in [0.1, 0.15) is 0 Å². The summed E-state index contributed by atoms with van der Waals surface area (Å²) < 4.78 is 10.9. The van der Waals surface area contributed by atoms with Gasteiger partial charge in [0.2, 0.25) is 5.88 Å². The minimum absolute atomic E-state index is 0.0459. The van der Waals surface area contributed by atoms with Crippen LogP contribution in [0.15, 0.2) is 34.0 Å². The summed E-state index contributed by atoms with van der Waals surface area (Å²) in [5.41, 5.74) is 3.74. The van der Waals surface area contributed by atoms with Crippen molar-refractivity contribution in [2.45, 2.75) is 58.8 Å². The number of aromatic nitrogens is 1. The average Bonchev–Trinajstić information content (AvgIpc) is 3.02. The first kappa shape index (κ1) is 19.6. The number of nitrogens with zero attached hydrogens (tertiary/aromatic N) is 1. The van der Waals surface area contributed by atoms with Crippen molar-refractivity contribution in [3.8, 4) is 11.5 Å². The lowest BCUT2D eigenvalue weighted by Crippen LogP contribution is -2.34. The van der Waals surface area contributed by atoms with Gasteiger partial charge in [-0.3, -0.25) is 4.79 Å². The smallest absolute Gasteiger partial charge is 0.233 e. The molecular formula is C23H28N2O4. The maximum atomic E-state index is 13.3. The molecule has 0 radical (unpaired) electrons. The number of methoxy groups -OCH3 is 1. The summed E-state index contributed by atoms with van der Waals surface area (Å²) in [5.74, 6) is 0.802. The molecule has 2 aliphatic rings. The van der Waals surface area contributed by atoms with E-state index in [0.717, 1.165) is 34.5 Å². The van der Waals surface area contributed by atoms with Crippen molar-refractivity contribution in [1.29, 1.82) is 0 Å². The number of hydrogen-bond donors (Lipinski definition) is 2. The van der Waals surface area contributed by atoms with Gasteiger partial charge < -0.3 is 19.7 Å². The molecule has 1 atom stereocenters. The van der Waals surface area contributed by atoms with Crippen LogP contribution in [-0.2, 0) is 10.2 Å². The number of aromatic hydroxyl groups is 1. The van der Waals surface area contributed by atoms with Gasteiger partial charge in [0.15, 0.2) is 17.3 Å². The largest absolute Gasteiger partial charge is 0.504 e. The van der Waals surface area contributed by atoms with E-state index in [1.54, 1.807) is 12.1 Å². The van der Waals surface area contributed by atoms with E-state index in [9.17, 15) is 9.90 Å². The fourth-order valence-electron chi connectivity index (χ4n) is 4.48. The van der Waals surface area contributed by atoms with Crippen molar-refractivity contribution in [1.82, 2.24) is 5.16 Å². The highest BCUT2D eigenvalue weighted by molar-refractivity contribution is 6.01. The van der Waals surface area contributed by atoms with E-state index in [2.05, 4.69) is 45.1 Å². The average molecular weight is 396 g/mol. The molecule has 6 heteroatoms. The van der Waals surface area contributed by atoms with Crippen molar-refractivity contribution in [2.75, 3.05) is 12.4 Å². The number of rotatable bonds is 2. The molecule has 2 aromatic rings. The lowest BCUT2D eigenvalue weighted by atomic mass is 9.68. The number of carbonyl (C=O) groups excluding carboxylic acids is 1.